The van der Waals surface area contributed by atoms with Crippen LogP contribution >= 0.6 is 0 Å². The number of rotatable bonds is 8. The molecule has 0 bridgehead atoms. The molecule has 0 unspecified atom stereocenters. The topological polar surface area (TPSA) is 54.5 Å². The van der Waals surface area contributed by atoms with Crippen LogP contribution in [0.3, 0.4) is 0 Å². The van der Waals surface area contributed by atoms with Crippen molar-refractivity contribution in [3.63, 3.8) is 0 Å². The molecule has 1 aliphatic rings. The molecule has 116 valence electrons. The second-order valence-corrected chi connectivity index (χ2v) is 7.33. The van der Waals surface area contributed by atoms with Gasteiger partial charge in [-0.1, -0.05) is 57.6 Å². The Kier molecular flexibility index (Phi) is 5.39. The van der Waals surface area contributed by atoms with Gasteiger partial charge in [0.25, 0.3) is 15.9 Å². The van der Waals surface area contributed by atoms with Gasteiger partial charge in [0.2, 0.25) is 0 Å². The minimum Gasteiger partial charge on any atom is -0.268 e. The van der Waals surface area contributed by atoms with Crippen molar-refractivity contribution in [1.29, 1.82) is 0 Å². The van der Waals surface area contributed by atoms with E-state index in [1.807, 2.05) is 0 Å². The number of hydrogen-bond donors (Lipinski definition) is 0. The summed E-state index contributed by atoms with van der Waals surface area (Å²) >= 11 is 0. The normalized spacial score (nSPS) is 16.2. The van der Waals surface area contributed by atoms with E-state index in [1.54, 1.807) is 18.2 Å². The van der Waals surface area contributed by atoms with E-state index in [2.05, 4.69) is 6.92 Å². The first-order valence-corrected chi connectivity index (χ1v) is 9.19. The maximum absolute atomic E-state index is 12.3. The summed E-state index contributed by atoms with van der Waals surface area (Å²) in [5, 5.41) is 0. The monoisotopic (exact) mass is 309 g/mol. The third-order valence-electron chi connectivity index (χ3n) is 3.88. The molecule has 0 aliphatic carbocycles. The lowest BCUT2D eigenvalue weighted by atomic mass is 10.1. The van der Waals surface area contributed by atoms with Crippen LogP contribution < -0.4 is 0 Å². The van der Waals surface area contributed by atoms with Gasteiger partial charge in [-0.05, 0) is 18.6 Å². The molecule has 5 heteroatoms. The lowest BCUT2D eigenvalue weighted by Crippen LogP contribution is -2.30. The number of amides is 1. The second-order valence-electron chi connectivity index (χ2n) is 5.50. The molecule has 2 rings (SSSR count). The van der Waals surface area contributed by atoms with Crippen LogP contribution in [0.15, 0.2) is 29.2 Å². The van der Waals surface area contributed by atoms with E-state index in [4.69, 9.17) is 0 Å². The fourth-order valence-electron chi connectivity index (χ4n) is 2.66. The average molecular weight is 309 g/mol. The van der Waals surface area contributed by atoms with Gasteiger partial charge in [-0.15, -0.1) is 0 Å². The van der Waals surface area contributed by atoms with E-state index < -0.39 is 10.0 Å². The smallest absolute Gasteiger partial charge is 0.268 e. The Morgan fingerprint density at radius 3 is 2.24 bits per heavy atom. The van der Waals surface area contributed by atoms with Gasteiger partial charge in [0.15, 0.2) is 0 Å². The van der Waals surface area contributed by atoms with Crippen LogP contribution in [-0.4, -0.2) is 25.2 Å². The number of hydrogen-bond acceptors (Lipinski definition) is 3. The molecule has 4 nitrogen and oxygen atoms in total. The molecular formula is C16H23NO3S. The van der Waals surface area contributed by atoms with Gasteiger partial charge in [0.05, 0.1) is 5.56 Å². The molecule has 0 saturated carbocycles. The van der Waals surface area contributed by atoms with E-state index in [9.17, 15) is 13.2 Å². The molecule has 0 N–H and O–H groups in total. The zero-order valence-corrected chi connectivity index (χ0v) is 13.4. The molecule has 0 spiro atoms. The van der Waals surface area contributed by atoms with Crippen molar-refractivity contribution in [2.24, 2.45) is 0 Å². The summed E-state index contributed by atoms with van der Waals surface area (Å²) in [7, 11) is -3.61. The Hall–Kier alpha value is -1.36. The number of sulfonamides is 1. The fraction of sp³-hybridized carbons (Fsp3) is 0.562. The highest BCUT2D eigenvalue weighted by Crippen LogP contribution is 2.30. The minimum absolute atomic E-state index is 0.151. The summed E-state index contributed by atoms with van der Waals surface area (Å²) in [5.74, 6) is -0.378. The maximum atomic E-state index is 12.3. The van der Waals surface area contributed by atoms with Crippen LogP contribution in [-0.2, 0) is 10.0 Å². The number of nitrogens with zero attached hydrogens (tertiary/aromatic N) is 1. The summed E-state index contributed by atoms with van der Waals surface area (Å²) in [6.07, 6.45) is 7.73. The second kappa shape index (κ2) is 7.07. The van der Waals surface area contributed by atoms with Crippen molar-refractivity contribution in [1.82, 2.24) is 4.31 Å². The SMILES string of the molecule is CCCCCCCCCN1C(=O)c2ccccc2S1(=O)=O. The number of carbonyl (C=O) groups is 1. The lowest BCUT2D eigenvalue weighted by Gasteiger charge is -2.14. The van der Waals surface area contributed by atoms with Crippen molar-refractivity contribution >= 4 is 15.9 Å². The van der Waals surface area contributed by atoms with Crippen molar-refractivity contribution in [3.8, 4) is 0 Å². The summed E-state index contributed by atoms with van der Waals surface area (Å²) < 4.78 is 25.6. The van der Waals surface area contributed by atoms with E-state index in [0.29, 0.717) is 12.1 Å². The van der Waals surface area contributed by atoms with Crippen LogP contribution in [0, 0.1) is 0 Å². The summed E-state index contributed by atoms with van der Waals surface area (Å²) in [4.78, 5) is 12.3. The highest BCUT2D eigenvalue weighted by molar-refractivity contribution is 7.90. The molecule has 1 aliphatic heterocycles. The van der Waals surface area contributed by atoms with E-state index >= 15 is 0 Å². The highest BCUT2D eigenvalue weighted by atomic mass is 32.2. The zero-order valence-electron chi connectivity index (χ0n) is 12.5. The number of unbranched alkanes of at least 4 members (excludes halogenated alkanes) is 6. The van der Waals surface area contributed by atoms with Gasteiger partial charge in [-0.2, -0.15) is 0 Å². The highest BCUT2D eigenvalue weighted by Gasteiger charge is 2.40. The molecule has 21 heavy (non-hydrogen) atoms. The summed E-state index contributed by atoms with van der Waals surface area (Å²) in [5.41, 5.74) is 0.306. The molecule has 0 radical (unpaired) electrons. The Balaban J connectivity index is 1.87. The molecular weight excluding hydrogens is 286 g/mol. The molecule has 0 aromatic heterocycles. The predicted octanol–water partition coefficient (Wildman–Crippen LogP) is 3.58. The van der Waals surface area contributed by atoms with Crippen molar-refractivity contribution in [3.05, 3.63) is 29.8 Å². The van der Waals surface area contributed by atoms with Crippen LogP contribution in [0.2, 0.25) is 0 Å². The van der Waals surface area contributed by atoms with Gasteiger partial charge in [-0.25, -0.2) is 12.7 Å². The van der Waals surface area contributed by atoms with Crippen molar-refractivity contribution in [2.45, 2.75) is 56.8 Å². The third kappa shape index (κ3) is 3.46. The largest absolute Gasteiger partial charge is 0.269 e. The minimum atomic E-state index is -3.61. The van der Waals surface area contributed by atoms with Crippen LogP contribution in [0.5, 0.6) is 0 Å². The number of benzene rings is 1. The predicted molar refractivity (Wildman–Crippen MR) is 82.7 cm³/mol. The molecule has 0 saturated heterocycles. The maximum Gasteiger partial charge on any atom is 0.269 e. The molecule has 1 amide bonds. The Morgan fingerprint density at radius 2 is 1.57 bits per heavy atom. The van der Waals surface area contributed by atoms with Crippen LogP contribution in [0.4, 0.5) is 0 Å². The first-order valence-electron chi connectivity index (χ1n) is 7.75. The number of carbonyl (C=O) groups excluding carboxylic acids is 1. The number of fused-ring (bicyclic) bond motifs is 1. The quantitative estimate of drug-likeness (QED) is 0.690. The molecule has 1 aromatic carbocycles. The van der Waals surface area contributed by atoms with Gasteiger partial charge in [0.1, 0.15) is 4.90 Å². The van der Waals surface area contributed by atoms with Crippen molar-refractivity contribution < 1.29 is 13.2 Å². The molecule has 0 fully saturated rings. The lowest BCUT2D eigenvalue weighted by molar-refractivity contribution is 0.0869. The van der Waals surface area contributed by atoms with Crippen LogP contribution in [0.1, 0.15) is 62.2 Å². The Morgan fingerprint density at radius 1 is 0.952 bits per heavy atom. The van der Waals surface area contributed by atoms with E-state index in [0.717, 1.165) is 23.6 Å². The zero-order chi connectivity index (χ0) is 15.3. The average Bonchev–Trinajstić information content (AvgIpc) is 2.67. The third-order valence-corrected chi connectivity index (χ3v) is 5.72. The summed E-state index contributed by atoms with van der Waals surface area (Å²) in [6, 6.07) is 6.44. The molecule has 0 atom stereocenters. The first-order chi connectivity index (χ1) is 10.1. The van der Waals surface area contributed by atoms with Crippen LogP contribution in [0.25, 0.3) is 0 Å². The first kappa shape index (κ1) is 16.0. The van der Waals surface area contributed by atoms with Gasteiger partial charge >= 0.3 is 0 Å². The van der Waals surface area contributed by atoms with E-state index in [1.165, 1.54) is 31.7 Å². The van der Waals surface area contributed by atoms with Gasteiger partial charge < -0.3 is 0 Å². The standard InChI is InChI=1S/C16H23NO3S/c1-2-3-4-5-6-7-10-13-17-16(18)14-11-8-9-12-15(14)21(17,19)20/h8-9,11-12H,2-7,10,13H2,1H3. The van der Waals surface area contributed by atoms with E-state index in [-0.39, 0.29) is 10.8 Å². The van der Waals surface area contributed by atoms with Gasteiger partial charge in [-0.3, -0.25) is 4.79 Å². The fourth-order valence-corrected chi connectivity index (χ4v) is 4.27. The van der Waals surface area contributed by atoms with Gasteiger partial charge in [0, 0.05) is 6.54 Å². The van der Waals surface area contributed by atoms with Crippen molar-refractivity contribution in [2.75, 3.05) is 6.54 Å². The summed E-state index contributed by atoms with van der Waals surface area (Å²) in [6.45, 7) is 2.48. The Labute approximate surface area is 127 Å². The molecule has 1 aromatic rings. The molecule has 1 heterocycles. The Bertz CT molecular complexity index is 595.